The molecule has 15 heavy (non-hydrogen) atoms. The SMILES string of the molecule is COC(CN)CCN1CCSC(C)C1C. The number of ether oxygens (including phenoxy) is 1. The van der Waals surface area contributed by atoms with E-state index in [1.165, 1.54) is 12.3 Å². The Labute approximate surface area is 97.7 Å². The van der Waals surface area contributed by atoms with E-state index in [2.05, 4.69) is 30.5 Å². The van der Waals surface area contributed by atoms with Crippen molar-refractivity contribution in [3.8, 4) is 0 Å². The Kier molecular flexibility index (Phi) is 5.97. The Morgan fingerprint density at radius 2 is 2.27 bits per heavy atom. The quantitative estimate of drug-likeness (QED) is 0.772. The van der Waals surface area contributed by atoms with Gasteiger partial charge in [-0.05, 0) is 13.3 Å². The molecule has 0 aromatic rings. The average Bonchev–Trinajstić information content (AvgIpc) is 2.25. The second kappa shape index (κ2) is 6.74. The first-order chi connectivity index (χ1) is 7.19. The first-order valence-corrected chi connectivity index (χ1v) is 6.82. The van der Waals surface area contributed by atoms with Crippen molar-refractivity contribution in [1.29, 1.82) is 0 Å². The summed E-state index contributed by atoms with van der Waals surface area (Å²) in [6, 6.07) is 0.680. The second-order valence-corrected chi connectivity index (χ2v) is 5.72. The molecule has 3 nitrogen and oxygen atoms in total. The van der Waals surface area contributed by atoms with Crippen molar-refractivity contribution in [2.24, 2.45) is 5.73 Å². The molecule has 90 valence electrons. The summed E-state index contributed by atoms with van der Waals surface area (Å²) in [4.78, 5) is 2.56. The molecule has 4 heteroatoms. The van der Waals surface area contributed by atoms with Crippen molar-refractivity contribution < 1.29 is 4.74 Å². The fourth-order valence-electron chi connectivity index (χ4n) is 1.95. The summed E-state index contributed by atoms with van der Waals surface area (Å²) in [7, 11) is 1.75. The van der Waals surface area contributed by atoms with Crippen molar-refractivity contribution in [2.45, 2.75) is 37.7 Å². The third-order valence-corrected chi connectivity index (χ3v) is 4.69. The molecule has 1 aliphatic rings. The number of rotatable bonds is 5. The van der Waals surface area contributed by atoms with Gasteiger partial charge in [-0.1, -0.05) is 6.92 Å². The van der Waals surface area contributed by atoms with Gasteiger partial charge in [0.25, 0.3) is 0 Å². The Hall–Kier alpha value is 0.230. The molecule has 1 aliphatic heterocycles. The first kappa shape index (κ1) is 13.3. The van der Waals surface area contributed by atoms with Gasteiger partial charge in [-0.2, -0.15) is 11.8 Å². The topological polar surface area (TPSA) is 38.5 Å². The van der Waals surface area contributed by atoms with E-state index in [1.807, 2.05) is 0 Å². The van der Waals surface area contributed by atoms with E-state index in [9.17, 15) is 0 Å². The number of thioether (sulfide) groups is 1. The predicted octanol–water partition coefficient (Wildman–Crippen LogP) is 1.18. The molecular formula is C11H24N2OS. The molecule has 1 saturated heterocycles. The van der Waals surface area contributed by atoms with E-state index in [-0.39, 0.29) is 6.10 Å². The molecule has 0 aromatic carbocycles. The van der Waals surface area contributed by atoms with Gasteiger partial charge in [0.05, 0.1) is 6.10 Å². The number of nitrogens with two attached hydrogens (primary N) is 1. The van der Waals surface area contributed by atoms with Crippen LogP contribution in [0.25, 0.3) is 0 Å². The fraction of sp³-hybridized carbons (Fsp3) is 1.00. The molecule has 0 spiro atoms. The highest BCUT2D eigenvalue weighted by molar-refractivity contribution is 8.00. The number of methoxy groups -OCH3 is 1. The van der Waals surface area contributed by atoms with E-state index in [1.54, 1.807) is 7.11 Å². The second-order valence-electron chi connectivity index (χ2n) is 4.23. The minimum Gasteiger partial charge on any atom is -0.380 e. The third-order valence-electron chi connectivity index (χ3n) is 3.35. The molecule has 0 aliphatic carbocycles. The van der Waals surface area contributed by atoms with Gasteiger partial charge < -0.3 is 10.5 Å². The monoisotopic (exact) mass is 232 g/mol. The fourth-order valence-corrected chi connectivity index (χ4v) is 3.12. The molecule has 1 heterocycles. The van der Waals surface area contributed by atoms with Crippen LogP contribution in [-0.4, -0.2) is 54.8 Å². The summed E-state index contributed by atoms with van der Waals surface area (Å²) in [5.41, 5.74) is 5.61. The van der Waals surface area contributed by atoms with E-state index < -0.39 is 0 Å². The molecule has 0 saturated carbocycles. The molecular weight excluding hydrogens is 208 g/mol. The van der Waals surface area contributed by atoms with Crippen LogP contribution in [0.1, 0.15) is 20.3 Å². The van der Waals surface area contributed by atoms with Crippen LogP contribution in [0.4, 0.5) is 0 Å². The minimum atomic E-state index is 0.224. The van der Waals surface area contributed by atoms with Crippen molar-refractivity contribution in [2.75, 3.05) is 32.5 Å². The van der Waals surface area contributed by atoms with Gasteiger partial charge in [-0.3, -0.25) is 4.90 Å². The molecule has 3 atom stereocenters. The Balaban J connectivity index is 2.30. The van der Waals surface area contributed by atoms with Crippen molar-refractivity contribution >= 4 is 11.8 Å². The summed E-state index contributed by atoms with van der Waals surface area (Å²) in [6.07, 6.45) is 1.27. The lowest BCUT2D eigenvalue weighted by atomic mass is 10.1. The number of hydrogen-bond donors (Lipinski definition) is 1. The third kappa shape index (κ3) is 3.94. The smallest absolute Gasteiger partial charge is 0.0705 e. The normalized spacial score (nSPS) is 30.4. The van der Waals surface area contributed by atoms with Gasteiger partial charge in [0.15, 0.2) is 0 Å². The van der Waals surface area contributed by atoms with E-state index in [4.69, 9.17) is 10.5 Å². The van der Waals surface area contributed by atoms with Gasteiger partial charge in [0.2, 0.25) is 0 Å². The van der Waals surface area contributed by atoms with Crippen LogP contribution in [0.2, 0.25) is 0 Å². The molecule has 1 rings (SSSR count). The van der Waals surface area contributed by atoms with Crippen molar-refractivity contribution in [3.63, 3.8) is 0 Å². The minimum absolute atomic E-state index is 0.224. The molecule has 3 unspecified atom stereocenters. The molecule has 0 aromatic heterocycles. The molecule has 0 radical (unpaired) electrons. The van der Waals surface area contributed by atoms with Crippen LogP contribution in [0.5, 0.6) is 0 Å². The highest BCUT2D eigenvalue weighted by atomic mass is 32.2. The average molecular weight is 232 g/mol. The number of nitrogens with zero attached hydrogens (tertiary/aromatic N) is 1. The largest absolute Gasteiger partial charge is 0.380 e. The lowest BCUT2D eigenvalue weighted by molar-refractivity contribution is 0.0835. The zero-order valence-corrected chi connectivity index (χ0v) is 10.9. The highest BCUT2D eigenvalue weighted by Gasteiger charge is 2.25. The van der Waals surface area contributed by atoms with Gasteiger partial charge in [0.1, 0.15) is 0 Å². The van der Waals surface area contributed by atoms with Crippen molar-refractivity contribution in [1.82, 2.24) is 4.90 Å². The lowest BCUT2D eigenvalue weighted by Crippen LogP contribution is -2.46. The van der Waals surface area contributed by atoms with Crippen LogP contribution in [0, 0.1) is 0 Å². The maximum atomic E-state index is 5.61. The molecule has 0 amide bonds. The van der Waals surface area contributed by atoms with E-state index in [0.717, 1.165) is 18.2 Å². The summed E-state index contributed by atoms with van der Waals surface area (Å²) < 4.78 is 5.30. The van der Waals surface area contributed by atoms with Gasteiger partial charge in [-0.25, -0.2) is 0 Å². The lowest BCUT2D eigenvalue weighted by Gasteiger charge is -2.38. The van der Waals surface area contributed by atoms with Gasteiger partial charge >= 0.3 is 0 Å². The number of hydrogen-bond acceptors (Lipinski definition) is 4. The summed E-state index contributed by atoms with van der Waals surface area (Å²) in [5, 5.41) is 0.748. The van der Waals surface area contributed by atoms with Crippen molar-refractivity contribution in [3.05, 3.63) is 0 Å². The van der Waals surface area contributed by atoms with Crippen LogP contribution in [0.15, 0.2) is 0 Å². The molecule has 0 bridgehead atoms. The maximum Gasteiger partial charge on any atom is 0.0705 e. The van der Waals surface area contributed by atoms with E-state index >= 15 is 0 Å². The zero-order valence-electron chi connectivity index (χ0n) is 10.1. The van der Waals surface area contributed by atoms with Crippen LogP contribution < -0.4 is 5.73 Å². The Morgan fingerprint density at radius 3 is 2.87 bits per heavy atom. The van der Waals surface area contributed by atoms with Gasteiger partial charge in [-0.15, -0.1) is 0 Å². The Morgan fingerprint density at radius 1 is 1.53 bits per heavy atom. The summed E-state index contributed by atoms with van der Waals surface area (Å²) in [6.45, 7) is 7.58. The highest BCUT2D eigenvalue weighted by Crippen LogP contribution is 2.24. The summed E-state index contributed by atoms with van der Waals surface area (Å²) >= 11 is 2.08. The van der Waals surface area contributed by atoms with Crippen LogP contribution >= 0.6 is 11.8 Å². The standard InChI is InChI=1S/C11H24N2OS/c1-9-10(2)15-7-6-13(9)5-4-11(8-12)14-3/h9-11H,4-8,12H2,1-3H3. The molecule has 1 fully saturated rings. The van der Waals surface area contributed by atoms with Gasteiger partial charge in [0, 0.05) is 43.8 Å². The summed E-state index contributed by atoms with van der Waals surface area (Å²) in [5.74, 6) is 1.26. The zero-order chi connectivity index (χ0) is 11.3. The van der Waals surface area contributed by atoms with E-state index in [0.29, 0.717) is 12.6 Å². The predicted molar refractivity (Wildman–Crippen MR) is 67.4 cm³/mol. The molecule has 2 N–H and O–H groups in total. The Bertz CT molecular complexity index is 176. The maximum absolute atomic E-state index is 5.61. The first-order valence-electron chi connectivity index (χ1n) is 5.77. The van der Waals surface area contributed by atoms with Crippen LogP contribution in [-0.2, 0) is 4.74 Å². The van der Waals surface area contributed by atoms with Crippen LogP contribution in [0.3, 0.4) is 0 Å².